The quantitative estimate of drug-likeness (QED) is 0.651. The van der Waals surface area contributed by atoms with Crippen LogP contribution in [0.5, 0.6) is 0 Å². The highest BCUT2D eigenvalue weighted by molar-refractivity contribution is 8.13. The van der Waals surface area contributed by atoms with Crippen LogP contribution >= 0.6 is 11.8 Å². The summed E-state index contributed by atoms with van der Waals surface area (Å²) in [5.41, 5.74) is 4.48. The van der Waals surface area contributed by atoms with E-state index in [1.54, 1.807) is 0 Å². The first-order valence-electron chi connectivity index (χ1n) is 9.69. The Bertz CT molecular complexity index is 1040. The van der Waals surface area contributed by atoms with E-state index >= 15 is 4.39 Å². The van der Waals surface area contributed by atoms with E-state index in [1.165, 1.54) is 30.0 Å². The molecule has 0 spiro atoms. The average molecular weight is 469 g/mol. The predicted molar refractivity (Wildman–Crippen MR) is 111 cm³/mol. The number of amidine groups is 1. The van der Waals surface area contributed by atoms with Gasteiger partial charge in [0.25, 0.3) is 12.3 Å². The molecule has 1 unspecified atom stereocenters. The number of hydrogen-bond donors (Lipinski definition) is 2. The van der Waals surface area contributed by atoms with Crippen molar-refractivity contribution in [3.8, 4) is 0 Å². The van der Waals surface area contributed by atoms with Crippen LogP contribution in [0.15, 0.2) is 35.6 Å². The molecule has 0 saturated carbocycles. The molecule has 7 nitrogen and oxygen atoms in total. The van der Waals surface area contributed by atoms with Crippen molar-refractivity contribution in [3.63, 3.8) is 0 Å². The third-order valence-electron chi connectivity index (χ3n) is 5.48. The van der Waals surface area contributed by atoms with E-state index in [0.717, 1.165) is 12.4 Å². The molecule has 1 fully saturated rings. The Morgan fingerprint density at radius 2 is 2.16 bits per heavy atom. The van der Waals surface area contributed by atoms with E-state index in [1.807, 2.05) is 0 Å². The van der Waals surface area contributed by atoms with Gasteiger partial charge in [0.05, 0.1) is 30.6 Å². The molecule has 1 amide bonds. The molecule has 0 bridgehead atoms. The first-order chi connectivity index (χ1) is 15.3. The molecule has 3 N–H and O–H groups in total. The number of benzene rings is 1. The van der Waals surface area contributed by atoms with Gasteiger partial charge < -0.3 is 15.8 Å². The third kappa shape index (κ3) is 4.29. The van der Waals surface area contributed by atoms with Crippen molar-refractivity contribution in [1.82, 2.24) is 9.97 Å². The Balaban J connectivity index is 1.66. The summed E-state index contributed by atoms with van der Waals surface area (Å²) in [6.07, 6.45) is -1.71. The van der Waals surface area contributed by atoms with Gasteiger partial charge in [0, 0.05) is 29.3 Å². The van der Waals surface area contributed by atoms with Gasteiger partial charge in [-0.3, -0.25) is 14.8 Å². The van der Waals surface area contributed by atoms with E-state index in [4.69, 9.17) is 10.5 Å². The number of fused-ring (bicyclic) bond motifs is 1. The Morgan fingerprint density at radius 3 is 2.84 bits per heavy atom. The minimum absolute atomic E-state index is 0.102. The van der Waals surface area contributed by atoms with Crippen molar-refractivity contribution in [2.75, 3.05) is 24.4 Å². The SMILES string of the molecule is NC1=NC2(c3cc(NC(=O)c4cnc(C(F)F)cn4)ccc3F)C[C@H](CF)OC[C@H]2CS1. The lowest BCUT2D eigenvalue weighted by Crippen LogP contribution is -2.50. The van der Waals surface area contributed by atoms with Crippen LogP contribution in [0.25, 0.3) is 0 Å². The number of anilines is 1. The van der Waals surface area contributed by atoms with E-state index in [-0.39, 0.29) is 41.1 Å². The van der Waals surface area contributed by atoms with Gasteiger partial charge in [-0.2, -0.15) is 0 Å². The monoisotopic (exact) mass is 469 g/mol. The molecule has 32 heavy (non-hydrogen) atoms. The molecule has 2 aromatic rings. The lowest BCUT2D eigenvalue weighted by molar-refractivity contribution is -0.0620. The number of nitrogens with one attached hydrogen (secondary N) is 1. The standard InChI is InChI=1S/C20H19F4N5O2S/c21-5-12-4-20(10(8-31-12)9-32-19(25)29-20)13-3-11(1-2-14(13)22)28-18(30)16-7-26-15(6-27-16)17(23)24/h1-3,6-7,10,12,17H,4-5,8-9H2,(H2,25,29)(H,28,30)/t10-,12+,20?/m0/s1. The number of rotatable bonds is 5. The number of aromatic nitrogens is 2. The molecular weight excluding hydrogens is 450 g/mol. The van der Waals surface area contributed by atoms with Crippen LogP contribution in [0, 0.1) is 11.7 Å². The van der Waals surface area contributed by atoms with Gasteiger partial charge >= 0.3 is 0 Å². The third-order valence-corrected chi connectivity index (χ3v) is 6.44. The Morgan fingerprint density at radius 1 is 1.34 bits per heavy atom. The molecule has 3 atom stereocenters. The molecule has 0 radical (unpaired) electrons. The van der Waals surface area contributed by atoms with E-state index in [2.05, 4.69) is 20.3 Å². The number of halogens is 4. The summed E-state index contributed by atoms with van der Waals surface area (Å²) in [6.45, 7) is -0.553. The summed E-state index contributed by atoms with van der Waals surface area (Å²) in [7, 11) is 0. The van der Waals surface area contributed by atoms with Crippen LogP contribution in [-0.2, 0) is 10.3 Å². The number of hydrogen-bond acceptors (Lipinski definition) is 7. The van der Waals surface area contributed by atoms with Crippen LogP contribution in [0.3, 0.4) is 0 Å². The number of thioether (sulfide) groups is 1. The van der Waals surface area contributed by atoms with Crippen molar-refractivity contribution in [3.05, 3.63) is 53.4 Å². The maximum Gasteiger partial charge on any atom is 0.281 e. The number of carbonyl (C=O) groups is 1. The Labute approximate surface area is 184 Å². The van der Waals surface area contributed by atoms with Crippen molar-refractivity contribution >= 4 is 28.5 Å². The van der Waals surface area contributed by atoms with Gasteiger partial charge in [0.2, 0.25) is 0 Å². The first-order valence-corrected chi connectivity index (χ1v) is 10.7. The molecule has 2 aliphatic heterocycles. The van der Waals surface area contributed by atoms with Gasteiger partial charge in [0.1, 0.15) is 23.9 Å². The highest BCUT2D eigenvalue weighted by Crippen LogP contribution is 2.48. The van der Waals surface area contributed by atoms with E-state index in [0.29, 0.717) is 5.75 Å². The summed E-state index contributed by atoms with van der Waals surface area (Å²) < 4.78 is 59.2. The second kappa shape index (κ2) is 9.02. The Hall–Kier alpha value is -2.73. The van der Waals surface area contributed by atoms with Crippen LogP contribution < -0.4 is 11.1 Å². The maximum atomic E-state index is 15.0. The number of nitrogens with two attached hydrogens (primary N) is 1. The van der Waals surface area contributed by atoms with Gasteiger partial charge in [-0.05, 0) is 18.2 Å². The van der Waals surface area contributed by atoms with E-state index in [9.17, 15) is 18.0 Å². The molecule has 1 aromatic heterocycles. The Kier molecular flexibility index (Phi) is 6.33. The predicted octanol–water partition coefficient (Wildman–Crippen LogP) is 3.44. The highest BCUT2D eigenvalue weighted by atomic mass is 32.2. The first kappa shape index (κ1) is 22.5. The van der Waals surface area contributed by atoms with Crippen molar-refractivity contribution in [2.24, 2.45) is 16.6 Å². The average Bonchev–Trinajstić information content (AvgIpc) is 2.79. The van der Waals surface area contributed by atoms with Crippen LogP contribution in [0.2, 0.25) is 0 Å². The fourth-order valence-electron chi connectivity index (χ4n) is 3.89. The normalized spacial score (nSPS) is 25.2. The molecule has 1 aromatic carbocycles. The lowest BCUT2D eigenvalue weighted by atomic mass is 9.73. The largest absolute Gasteiger partial charge is 0.379 e. The number of carbonyl (C=O) groups excluding carboxylic acids is 1. The van der Waals surface area contributed by atoms with Gasteiger partial charge in [-0.25, -0.2) is 22.5 Å². The van der Waals surface area contributed by atoms with Crippen LogP contribution in [-0.4, -0.2) is 46.2 Å². The van der Waals surface area contributed by atoms with Gasteiger partial charge in [0.15, 0.2) is 5.17 Å². The second-order valence-electron chi connectivity index (χ2n) is 7.47. The minimum Gasteiger partial charge on any atom is -0.379 e. The van der Waals surface area contributed by atoms with Gasteiger partial charge in [-0.15, -0.1) is 0 Å². The number of alkyl halides is 3. The molecule has 2 aliphatic rings. The summed E-state index contributed by atoms with van der Waals surface area (Å²) in [4.78, 5) is 24.2. The summed E-state index contributed by atoms with van der Waals surface area (Å²) in [5.74, 6) is -0.996. The summed E-state index contributed by atoms with van der Waals surface area (Å²) in [6, 6.07) is 3.95. The van der Waals surface area contributed by atoms with Crippen molar-refractivity contribution in [2.45, 2.75) is 24.5 Å². The minimum atomic E-state index is -2.80. The molecule has 0 aliphatic carbocycles. The molecular formula is C20H19F4N5O2S. The number of aliphatic imine (C=N–C) groups is 1. The van der Waals surface area contributed by atoms with Crippen LogP contribution in [0.4, 0.5) is 23.2 Å². The maximum absolute atomic E-state index is 15.0. The topological polar surface area (TPSA) is 102 Å². The zero-order valence-electron chi connectivity index (χ0n) is 16.6. The number of amides is 1. The smallest absolute Gasteiger partial charge is 0.281 e. The molecule has 1 saturated heterocycles. The van der Waals surface area contributed by atoms with Crippen LogP contribution in [0.1, 0.15) is 34.6 Å². The fourth-order valence-corrected chi connectivity index (χ4v) is 4.86. The molecule has 4 rings (SSSR count). The van der Waals surface area contributed by atoms with Crippen molar-refractivity contribution < 1.29 is 27.1 Å². The second-order valence-corrected chi connectivity index (χ2v) is 8.51. The van der Waals surface area contributed by atoms with Crippen molar-refractivity contribution in [1.29, 1.82) is 0 Å². The molecule has 170 valence electrons. The summed E-state index contributed by atoms with van der Waals surface area (Å²) >= 11 is 1.32. The zero-order chi connectivity index (χ0) is 22.9. The fraction of sp³-hybridized carbons (Fsp3) is 0.400. The summed E-state index contributed by atoms with van der Waals surface area (Å²) in [5, 5.41) is 2.82. The van der Waals surface area contributed by atoms with Gasteiger partial charge in [-0.1, -0.05) is 11.8 Å². The number of ether oxygens (including phenoxy) is 1. The van der Waals surface area contributed by atoms with E-state index < -0.39 is 42.2 Å². The molecule has 12 heteroatoms. The lowest BCUT2D eigenvalue weighted by Gasteiger charge is -2.46. The number of nitrogens with zero attached hydrogens (tertiary/aromatic N) is 3. The zero-order valence-corrected chi connectivity index (χ0v) is 17.4. The highest BCUT2D eigenvalue weighted by Gasteiger charge is 2.49. The molecule has 3 heterocycles.